The highest BCUT2D eigenvalue weighted by Crippen LogP contribution is 2.23. The second-order valence-electron chi connectivity index (χ2n) is 5.56. The molecule has 0 unspecified atom stereocenters. The molecule has 6 nitrogen and oxygen atoms in total. The summed E-state index contributed by atoms with van der Waals surface area (Å²) in [4.78, 5) is 24.7. The standard InChI is InChI=1S/C13H21N5O/c1-9-7-10(14)16-11(15-9)8-18-6-5-17(4)12(19)13(18,2)3/h7H,5-6,8H2,1-4H3,(H2,14,15,16). The van der Waals surface area contributed by atoms with Gasteiger partial charge in [-0.25, -0.2) is 9.97 Å². The van der Waals surface area contributed by atoms with Crippen LogP contribution in [0.25, 0.3) is 0 Å². The summed E-state index contributed by atoms with van der Waals surface area (Å²) in [6.45, 7) is 7.84. The van der Waals surface area contributed by atoms with Gasteiger partial charge in [0.15, 0.2) is 0 Å². The van der Waals surface area contributed by atoms with Crippen LogP contribution in [0.3, 0.4) is 0 Å². The quantitative estimate of drug-likeness (QED) is 0.837. The minimum Gasteiger partial charge on any atom is -0.384 e. The second-order valence-corrected chi connectivity index (χ2v) is 5.56. The number of piperazine rings is 1. The van der Waals surface area contributed by atoms with Crippen LogP contribution in [0.4, 0.5) is 5.82 Å². The highest BCUT2D eigenvalue weighted by atomic mass is 16.2. The molecule has 1 aromatic rings. The van der Waals surface area contributed by atoms with Crippen molar-refractivity contribution in [1.29, 1.82) is 0 Å². The summed E-state index contributed by atoms with van der Waals surface area (Å²) in [6.07, 6.45) is 0. The van der Waals surface area contributed by atoms with Crippen LogP contribution in [0, 0.1) is 6.92 Å². The number of aromatic nitrogens is 2. The molecule has 6 heteroatoms. The fourth-order valence-corrected chi connectivity index (χ4v) is 2.43. The fraction of sp³-hybridized carbons (Fsp3) is 0.615. The van der Waals surface area contributed by atoms with E-state index in [4.69, 9.17) is 5.73 Å². The number of nitrogens with zero attached hydrogens (tertiary/aromatic N) is 4. The second kappa shape index (κ2) is 4.77. The number of aryl methyl sites for hydroxylation is 1. The van der Waals surface area contributed by atoms with Gasteiger partial charge in [0.2, 0.25) is 5.91 Å². The van der Waals surface area contributed by atoms with Crippen molar-refractivity contribution in [2.24, 2.45) is 0 Å². The topological polar surface area (TPSA) is 75.3 Å². The molecule has 0 saturated carbocycles. The average Bonchev–Trinajstić information content (AvgIpc) is 2.29. The summed E-state index contributed by atoms with van der Waals surface area (Å²) in [5, 5.41) is 0. The molecule has 0 radical (unpaired) electrons. The SMILES string of the molecule is Cc1cc(N)nc(CN2CCN(C)C(=O)C2(C)C)n1. The van der Waals surface area contributed by atoms with Crippen LogP contribution in [0.1, 0.15) is 25.4 Å². The fourth-order valence-electron chi connectivity index (χ4n) is 2.43. The highest BCUT2D eigenvalue weighted by molar-refractivity contribution is 5.86. The van der Waals surface area contributed by atoms with Gasteiger partial charge >= 0.3 is 0 Å². The zero-order chi connectivity index (χ0) is 14.2. The molecule has 2 heterocycles. The van der Waals surface area contributed by atoms with Gasteiger partial charge in [0.1, 0.15) is 11.6 Å². The van der Waals surface area contributed by atoms with Crippen molar-refractivity contribution in [3.05, 3.63) is 17.6 Å². The summed E-state index contributed by atoms with van der Waals surface area (Å²) >= 11 is 0. The van der Waals surface area contributed by atoms with Gasteiger partial charge in [0.25, 0.3) is 0 Å². The van der Waals surface area contributed by atoms with Gasteiger partial charge in [-0.15, -0.1) is 0 Å². The van der Waals surface area contributed by atoms with Crippen LogP contribution in [0.15, 0.2) is 6.07 Å². The first-order valence-electron chi connectivity index (χ1n) is 6.41. The van der Waals surface area contributed by atoms with E-state index in [9.17, 15) is 4.79 Å². The number of nitrogens with two attached hydrogens (primary N) is 1. The number of anilines is 1. The largest absolute Gasteiger partial charge is 0.384 e. The van der Waals surface area contributed by atoms with E-state index in [-0.39, 0.29) is 5.91 Å². The Hall–Kier alpha value is -1.69. The molecule has 0 bridgehead atoms. The Kier molecular flexibility index (Phi) is 3.45. The molecule has 1 aliphatic heterocycles. The van der Waals surface area contributed by atoms with Crippen molar-refractivity contribution < 1.29 is 4.79 Å². The van der Waals surface area contributed by atoms with E-state index in [0.717, 1.165) is 18.8 Å². The Bertz CT molecular complexity index is 480. The monoisotopic (exact) mass is 263 g/mol. The van der Waals surface area contributed by atoms with Gasteiger partial charge < -0.3 is 10.6 Å². The van der Waals surface area contributed by atoms with E-state index in [2.05, 4.69) is 14.9 Å². The van der Waals surface area contributed by atoms with Crippen molar-refractivity contribution in [1.82, 2.24) is 19.8 Å². The van der Waals surface area contributed by atoms with Gasteiger partial charge in [0.05, 0.1) is 12.1 Å². The number of carbonyl (C=O) groups excluding carboxylic acids is 1. The summed E-state index contributed by atoms with van der Waals surface area (Å²) in [5.74, 6) is 1.27. The summed E-state index contributed by atoms with van der Waals surface area (Å²) in [6, 6.07) is 1.74. The van der Waals surface area contributed by atoms with E-state index in [1.165, 1.54) is 0 Å². The lowest BCUT2D eigenvalue weighted by atomic mass is 9.98. The van der Waals surface area contributed by atoms with Crippen LogP contribution in [0.2, 0.25) is 0 Å². The van der Waals surface area contributed by atoms with Gasteiger partial charge in [-0.1, -0.05) is 0 Å². The average molecular weight is 263 g/mol. The lowest BCUT2D eigenvalue weighted by Crippen LogP contribution is -2.61. The van der Waals surface area contributed by atoms with Crippen molar-refractivity contribution in [2.45, 2.75) is 32.9 Å². The molecule has 2 rings (SSSR count). The highest BCUT2D eigenvalue weighted by Gasteiger charge is 2.40. The Balaban J connectivity index is 2.20. The van der Waals surface area contributed by atoms with E-state index < -0.39 is 5.54 Å². The van der Waals surface area contributed by atoms with Gasteiger partial charge in [-0.3, -0.25) is 9.69 Å². The van der Waals surface area contributed by atoms with E-state index in [1.807, 2.05) is 27.8 Å². The van der Waals surface area contributed by atoms with Crippen LogP contribution < -0.4 is 5.73 Å². The Morgan fingerprint density at radius 2 is 2.05 bits per heavy atom. The molecule has 1 saturated heterocycles. The Morgan fingerprint density at radius 1 is 1.37 bits per heavy atom. The number of hydrogen-bond acceptors (Lipinski definition) is 5. The molecule has 1 aliphatic rings. The number of carbonyl (C=O) groups is 1. The molecule has 0 atom stereocenters. The van der Waals surface area contributed by atoms with Crippen molar-refractivity contribution in [2.75, 3.05) is 25.9 Å². The molecule has 19 heavy (non-hydrogen) atoms. The van der Waals surface area contributed by atoms with Crippen molar-refractivity contribution in [3.63, 3.8) is 0 Å². The number of likely N-dealkylation sites (N-methyl/N-ethyl adjacent to an activating group) is 1. The van der Waals surface area contributed by atoms with E-state index in [0.29, 0.717) is 18.2 Å². The summed E-state index contributed by atoms with van der Waals surface area (Å²) in [7, 11) is 1.84. The molecular weight excluding hydrogens is 242 g/mol. The third-order valence-electron chi connectivity index (χ3n) is 3.62. The predicted octanol–water partition coefficient (Wildman–Crippen LogP) is 0.420. The smallest absolute Gasteiger partial charge is 0.242 e. The predicted molar refractivity (Wildman–Crippen MR) is 73.3 cm³/mol. The van der Waals surface area contributed by atoms with Crippen LogP contribution in [-0.2, 0) is 11.3 Å². The lowest BCUT2D eigenvalue weighted by molar-refractivity contribution is -0.147. The molecule has 1 amide bonds. The van der Waals surface area contributed by atoms with Gasteiger partial charge in [-0.2, -0.15) is 0 Å². The molecule has 1 fully saturated rings. The Labute approximate surface area is 113 Å². The lowest BCUT2D eigenvalue weighted by Gasteiger charge is -2.44. The minimum absolute atomic E-state index is 0.124. The van der Waals surface area contributed by atoms with E-state index >= 15 is 0 Å². The normalized spacial score (nSPS) is 19.8. The first-order chi connectivity index (χ1) is 8.80. The van der Waals surface area contributed by atoms with Crippen LogP contribution in [-0.4, -0.2) is 51.4 Å². The maximum atomic E-state index is 12.2. The van der Waals surface area contributed by atoms with Gasteiger partial charge in [-0.05, 0) is 20.8 Å². The number of hydrogen-bond donors (Lipinski definition) is 1. The molecule has 0 aromatic carbocycles. The number of amides is 1. The number of nitrogen functional groups attached to an aromatic ring is 1. The maximum absolute atomic E-state index is 12.2. The van der Waals surface area contributed by atoms with Crippen molar-refractivity contribution >= 4 is 11.7 Å². The zero-order valence-electron chi connectivity index (χ0n) is 12.0. The minimum atomic E-state index is -0.533. The Morgan fingerprint density at radius 3 is 2.68 bits per heavy atom. The zero-order valence-corrected chi connectivity index (χ0v) is 12.0. The molecule has 104 valence electrons. The first-order valence-corrected chi connectivity index (χ1v) is 6.41. The van der Waals surface area contributed by atoms with Gasteiger partial charge in [0, 0.05) is 31.9 Å². The third-order valence-corrected chi connectivity index (χ3v) is 3.62. The van der Waals surface area contributed by atoms with Crippen molar-refractivity contribution in [3.8, 4) is 0 Å². The first kappa shape index (κ1) is 13.7. The summed E-state index contributed by atoms with van der Waals surface area (Å²) < 4.78 is 0. The molecular formula is C13H21N5O. The van der Waals surface area contributed by atoms with E-state index in [1.54, 1.807) is 11.0 Å². The third kappa shape index (κ3) is 2.68. The molecule has 1 aromatic heterocycles. The number of rotatable bonds is 2. The molecule has 0 aliphatic carbocycles. The molecule has 0 spiro atoms. The molecule has 2 N–H and O–H groups in total. The van der Waals surface area contributed by atoms with Crippen LogP contribution >= 0.6 is 0 Å². The summed E-state index contributed by atoms with van der Waals surface area (Å²) in [5.41, 5.74) is 6.05. The van der Waals surface area contributed by atoms with Crippen LogP contribution in [0.5, 0.6) is 0 Å². The maximum Gasteiger partial charge on any atom is 0.242 e.